The van der Waals surface area contributed by atoms with Gasteiger partial charge in [0.1, 0.15) is 6.54 Å². The third kappa shape index (κ3) is 6.45. The highest BCUT2D eigenvalue weighted by molar-refractivity contribution is 14.1. The lowest BCUT2D eigenvalue weighted by molar-refractivity contribution is -0.127. The van der Waals surface area contributed by atoms with Gasteiger partial charge in [-0.25, -0.2) is 0 Å². The van der Waals surface area contributed by atoms with Gasteiger partial charge < -0.3 is 14.8 Å². The summed E-state index contributed by atoms with van der Waals surface area (Å²) >= 11 is 4.51. The predicted molar refractivity (Wildman–Crippen MR) is 141 cm³/mol. The Hall–Kier alpha value is -2.18. The predicted octanol–water partition coefficient (Wildman–Crippen LogP) is 5.49. The van der Waals surface area contributed by atoms with E-state index in [1.54, 1.807) is 30.0 Å². The molecule has 0 bridgehead atoms. The van der Waals surface area contributed by atoms with E-state index in [4.69, 9.17) is 9.47 Å². The van der Waals surface area contributed by atoms with E-state index in [1.807, 2.05) is 44.4 Å². The molecular weight excluding hydrogens is 575 g/mol. The summed E-state index contributed by atoms with van der Waals surface area (Å²) in [7, 11) is 0. The van der Waals surface area contributed by atoms with E-state index in [0.29, 0.717) is 36.0 Å². The standard InChI is InChI=1S/C23H23IN2O5S2/c1-4-30-18-10-14(9-17(24)21(18)31-5-2)11-19-22(28)26(23(29)33-19)13-20(27)25-15-7-6-8-16(12-15)32-3/h6-12H,4-5,13H2,1-3H3,(H,25,27)/b19-11+. The van der Waals surface area contributed by atoms with Crippen molar-refractivity contribution in [3.8, 4) is 11.5 Å². The zero-order chi connectivity index (χ0) is 24.0. The van der Waals surface area contributed by atoms with Crippen LogP contribution in [0.25, 0.3) is 6.08 Å². The summed E-state index contributed by atoms with van der Waals surface area (Å²) in [6.07, 6.45) is 3.57. The van der Waals surface area contributed by atoms with E-state index in [9.17, 15) is 14.4 Å². The van der Waals surface area contributed by atoms with Crippen molar-refractivity contribution in [2.24, 2.45) is 0 Å². The van der Waals surface area contributed by atoms with Gasteiger partial charge in [-0.05, 0) is 96.4 Å². The number of carbonyl (C=O) groups excluding carboxylic acids is 3. The number of hydrogen-bond donors (Lipinski definition) is 1. The van der Waals surface area contributed by atoms with E-state index in [2.05, 4.69) is 27.9 Å². The molecule has 0 atom stereocenters. The quantitative estimate of drug-likeness (QED) is 0.232. The second-order valence-electron chi connectivity index (χ2n) is 6.74. The van der Waals surface area contributed by atoms with Crippen LogP contribution in [0.4, 0.5) is 10.5 Å². The highest BCUT2D eigenvalue weighted by Crippen LogP contribution is 2.37. The van der Waals surface area contributed by atoms with Crippen LogP contribution in [-0.4, -0.2) is 48.0 Å². The van der Waals surface area contributed by atoms with Crippen LogP contribution in [0.15, 0.2) is 46.2 Å². The zero-order valence-electron chi connectivity index (χ0n) is 18.3. The summed E-state index contributed by atoms with van der Waals surface area (Å²) in [6, 6.07) is 11.0. The summed E-state index contributed by atoms with van der Waals surface area (Å²) < 4.78 is 12.2. The Labute approximate surface area is 214 Å². The van der Waals surface area contributed by atoms with Crippen LogP contribution in [0.1, 0.15) is 19.4 Å². The number of nitrogens with one attached hydrogen (secondary N) is 1. The number of hydrogen-bond acceptors (Lipinski definition) is 7. The molecule has 1 N–H and O–H groups in total. The van der Waals surface area contributed by atoms with Crippen LogP contribution in [0.5, 0.6) is 11.5 Å². The molecule has 2 aromatic rings. The van der Waals surface area contributed by atoms with Crippen molar-refractivity contribution >= 4 is 74.9 Å². The van der Waals surface area contributed by atoms with E-state index in [0.717, 1.165) is 25.1 Å². The van der Waals surface area contributed by atoms with Gasteiger partial charge in [0.15, 0.2) is 11.5 Å². The van der Waals surface area contributed by atoms with Crippen molar-refractivity contribution in [1.82, 2.24) is 4.90 Å². The Balaban J connectivity index is 1.76. The Morgan fingerprint density at radius 3 is 2.64 bits per heavy atom. The first-order valence-corrected chi connectivity index (χ1v) is 13.3. The van der Waals surface area contributed by atoms with Crippen molar-refractivity contribution in [2.75, 3.05) is 31.3 Å². The molecule has 1 aliphatic rings. The minimum Gasteiger partial charge on any atom is -0.490 e. The summed E-state index contributed by atoms with van der Waals surface area (Å²) in [6.45, 7) is 4.38. The molecule has 10 heteroatoms. The Bertz CT molecular complexity index is 1110. The van der Waals surface area contributed by atoms with Gasteiger partial charge in [0, 0.05) is 10.6 Å². The molecule has 0 aromatic heterocycles. The Morgan fingerprint density at radius 1 is 1.18 bits per heavy atom. The number of rotatable bonds is 9. The molecule has 3 amide bonds. The normalized spacial score (nSPS) is 14.7. The monoisotopic (exact) mass is 598 g/mol. The number of benzene rings is 2. The van der Waals surface area contributed by atoms with Gasteiger partial charge in [-0.2, -0.15) is 0 Å². The van der Waals surface area contributed by atoms with Crippen molar-refractivity contribution in [2.45, 2.75) is 18.7 Å². The number of ether oxygens (including phenoxy) is 2. The molecule has 1 fully saturated rings. The molecule has 0 saturated carbocycles. The molecule has 1 heterocycles. The Kier molecular flexibility index (Phi) is 9.10. The molecule has 1 saturated heterocycles. The van der Waals surface area contributed by atoms with E-state index in [1.165, 1.54) is 0 Å². The van der Waals surface area contributed by atoms with E-state index in [-0.39, 0.29) is 11.4 Å². The van der Waals surface area contributed by atoms with Gasteiger partial charge in [0.2, 0.25) is 5.91 Å². The third-order valence-electron chi connectivity index (χ3n) is 4.45. The third-order valence-corrected chi connectivity index (χ3v) is 6.88. The maximum atomic E-state index is 12.8. The number of carbonyl (C=O) groups is 3. The van der Waals surface area contributed by atoms with Crippen LogP contribution < -0.4 is 14.8 Å². The van der Waals surface area contributed by atoms with Crippen LogP contribution in [0.3, 0.4) is 0 Å². The van der Waals surface area contributed by atoms with Gasteiger partial charge in [-0.15, -0.1) is 11.8 Å². The highest BCUT2D eigenvalue weighted by atomic mass is 127. The number of anilines is 1. The van der Waals surface area contributed by atoms with Gasteiger partial charge in [-0.3, -0.25) is 19.3 Å². The second kappa shape index (κ2) is 11.8. The van der Waals surface area contributed by atoms with Gasteiger partial charge >= 0.3 is 0 Å². The molecule has 0 unspecified atom stereocenters. The van der Waals surface area contributed by atoms with Gasteiger partial charge in [0.25, 0.3) is 11.1 Å². The van der Waals surface area contributed by atoms with E-state index >= 15 is 0 Å². The minimum absolute atomic E-state index is 0.250. The van der Waals surface area contributed by atoms with Crippen LogP contribution in [0.2, 0.25) is 0 Å². The number of nitrogens with zero attached hydrogens (tertiary/aromatic N) is 1. The summed E-state index contributed by atoms with van der Waals surface area (Å²) in [5.41, 5.74) is 1.32. The van der Waals surface area contributed by atoms with Crippen LogP contribution in [-0.2, 0) is 9.59 Å². The van der Waals surface area contributed by atoms with Crippen LogP contribution >= 0.6 is 46.1 Å². The first-order chi connectivity index (χ1) is 15.9. The molecule has 1 aliphatic heterocycles. The fourth-order valence-corrected chi connectivity index (χ4v) is 5.13. The molecule has 174 valence electrons. The molecule has 0 radical (unpaired) electrons. The maximum Gasteiger partial charge on any atom is 0.294 e. The number of imide groups is 1. The number of amides is 3. The van der Waals surface area contributed by atoms with Crippen molar-refractivity contribution in [1.29, 1.82) is 0 Å². The van der Waals surface area contributed by atoms with Gasteiger partial charge in [0.05, 0.1) is 21.7 Å². The topological polar surface area (TPSA) is 84.9 Å². The smallest absolute Gasteiger partial charge is 0.294 e. The first kappa shape index (κ1) is 25.4. The van der Waals surface area contributed by atoms with Crippen molar-refractivity contribution < 1.29 is 23.9 Å². The largest absolute Gasteiger partial charge is 0.490 e. The lowest BCUT2D eigenvalue weighted by atomic mass is 10.2. The first-order valence-electron chi connectivity index (χ1n) is 10.1. The molecule has 0 spiro atoms. The van der Waals surface area contributed by atoms with Crippen molar-refractivity contribution in [3.63, 3.8) is 0 Å². The molecule has 3 rings (SSSR count). The number of thioether (sulfide) groups is 2. The lowest BCUT2D eigenvalue weighted by Crippen LogP contribution is -2.36. The maximum absolute atomic E-state index is 12.8. The van der Waals surface area contributed by atoms with Crippen molar-refractivity contribution in [3.05, 3.63) is 50.4 Å². The summed E-state index contributed by atoms with van der Waals surface area (Å²) in [5.74, 6) is 0.280. The molecular formula is C23H23IN2O5S2. The lowest BCUT2D eigenvalue weighted by Gasteiger charge is -2.14. The molecule has 7 nitrogen and oxygen atoms in total. The second-order valence-corrected chi connectivity index (χ2v) is 9.78. The fourth-order valence-electron chi connectivity index (χ4n) is 3.05. The molecule has 2 aromatic carbocycles. The minimum atomic E-state index is -0.500. The van der Waals surface area contributed by atoms with Crippen LogP contribution in [0, 0.1) is 3.57 Å². The Morgan fingerprint density at radius 2 is 1.94 bits per heavy atom. The summed E-state index contributed by atoms with van der Waals surface area (Å²) in [4.78, 5) is 40.0. The summed E-state index contributed by atoms with van der Waals surface area (Å²) in [5, 5.41) is 2.26. The number of halogens is 1. The average molecular weight is 598 g/mol. The zero-order valence-corrected chi connectivity index (χ0v) is 22.1. The fraction of sp³-hybridized carbons (Fsp3) is 0.261. The molecule has 0 aliphatic carbocycles. The highest BCUT2D eigenvalue weighted by Gasteiger charge is 2.36. The molecule has 33 heavy (non-hydrogen) atoms. The van der Waals surface area contributed by atoms with Gasteiger partial charge in [-0.1, -0.05) is 6.07 Å². The average Bonchev–Trinajstić information content (AvgIpc) is 3.03. The SMILES string of the molecule is CCOc1cc(/C=C2/SC(=O)N(CC(=O)Nc3cccc(SC)c3)C2=O)cc(I)c1OCC. The van der Waals surface area contributed by atoms with E-state index < -0.39 is 17.1 Å².